The molecule has 0 aromatic rings. The van der Waals surface area contributed by atoms with Crippen LogP contribution in [0.25, 0.3) is 0 Å². The van der Waals surface area contributed by atoms with Gasteiger partial charge in [-0.25, -0.2) is 0 Å². The maximum absolute atomic E-state index is 5.55. The fraction of sp³-hybridized carbons (Fsp3) is 1.00. The molecule has 20 heavy (non-hydrogen) atoms. The van der Waals surface area contributed by atoms with E-state index in [1.807, 2.05) is 0 Å². The van der Waals surface area contributed by atoms with Crippen molar-refractivity contribution in [2.75, 3.05) is 13.2 Å². The van der Waals surface area contributed by atoms with E-state index in [9.17, 15) is 0 Å². The van der Waals surface area contributed by atoms with E-state index in [-0.39, 0.29) is 0 Å². The Hall–Kier alpha value is -0.120. The molecule has 0 spiro atoms. The molecule has 3 N–H and O–H groups in total. The molecule has 3 heteroatoms. The molecule has 0 amide bonds. The zero-order valence-corrected chi connectivity index (χ0v) is 14.0. The monoisotopic (exact) mass is 286 g/mol. The van der Waals surface area contributed by atoms with Gasteiger partial charge in [0.05, 0.1) is 6.61 Å². The number of nitrogens with one attached hydrogen (secondary N) is 1. The Morgan fingerprint density at radius 1 is 0.800 bits per heavy atom. The smallest absolute Gasteiger partial charge is 0.0633 e. The van der Waals surface area contributed by atoms with Gasteiger partial charge in [-0.3, -0.25) is 11.3 Å². The molecule has 0 rings (SSSR count). The zero-order valence-electron chi connectivity index (χ0n) is 14.0. The first-order chi connectivity index (χ1) is 9.85. The van der Waals surface area contributed by atoms with Crippen molar-refractivity contribution in [3.63, 3.8) is 0 Å². The summed E-state index contributed by atoms with van der Waals surface area (Å²) in [5.74, 6) is 5.55. The van der Waals surface area contributed by atoms with E-state index in [4.69, 9.17) is 10.6 Å². The Morgan fingerprint density at radius 3 is 1.85 bits per heavy atom. The second-order valence-corrected chi connectivity index (χ2v) is 5.91. The summed E-state index contributed by atoms with van der Waals surface area (Å²) in [6.45, 7) is 6.00. The molecule has 0 bridgehead atoms. The predicted octanol–water partition coefficient (Wildman–Crippen LogP) is 4.56. The molecule has 0 saturated carbocycles. The van der Waals surface area contributed by atoms with E-state index < -0.39 is 0 Å². The summed E-state index contributed by atoms with van der Waals surface area (Å²) in [5.41, 5.74) is 2.87. The minimum absolute atomic E-state index is 0.329. The maximum Gasteiger partial charge on any atom is 0.0633 e. The van der Waals surface area contributed by atoms with Crippen LogP contribution in [-0.2, 0) is 4.74 Å². The third-order valence-corrected chi connectivity index (χ3v) is 3.81. The Morgan fingerprint density at radius 2 is 1.35 bits per heavy atom. The summed E-state index contributed by atoms with van der Waals surface area (Å²) in [7, 11) is 0. The average molecular weight is 287 g/mol. The van der Waals surface area contributed by atoms with Crippen LogP contribution < -0.4 is 11.3 Å². The summed E-state index contributed by atoms with van der Waals surface area (Å²) in [4.78, 5) is 0. The molecular weight excluding hydrogens is 248 g/mol. The van der Waals surface area contributed by atoms with Gasteiger partial charge in [0.25, 0.3) is 0 Å². The van der Waals surface area contributed by atoms with Crippen molar-refractivity contribution in [2.24, 2.45) is 5.84 Å². The highest BCUT2D eigenvalue weighted by Crippen LogP contribution is 2.12. The van der Waals surface area contributed by atoms with Crippen molar-refractivity contribution < 1.29 is 4.74 Å². The molecule has 0 aliphatic heterocycles. The topological polar surface area (TPSA) is 47.3 Å². The molecule has 0 heterocycles. The Balaban J connectivity index is 3.20. The zero-order chi connectivity index (χ0) is 14.9. The predicted molar refractivity (Wildman–Crippen MR) is 88.7 cm³/mol. The minimum Gasteiger partial charge on any atom is -0.380 e. The summed E-state index contributed by atoms with van der Waals surface area (Å²) in [5, 5.41) is 0. The first kappa shape index (κ1) is 19.9. The van der Waals surface area contributed by atoms with Gasteiger partial charge in [-0.1, -0.05) is 78.1 Å². The van der Waals surface area contributed by atoms with Crippen LogP contribution in [0.2, 0.25) is 0 Å². The molecule has 1 unspecified atom stereocenters. The third-order valence-electron chi connectivity index (χ3n) is 3.81. The van der Waals surface area contributed by atoms with Gasteiger partial charge in [-0.2, -0.15) is 0 Å². The second kappa shape index (κ2) is 16.9. The lowest BCUT2D eigenvalue weighted by atomic mass is 10.0. The first-order valence-electron chi connectivity index (χ1n) is 8.89. The van der Waals surface area contributed by atoms with Crippen molar-refractivity contribution in [2.45, 2.75) is 96.9 Å². The number of nitrogens with two attached hydrogens (primary N) is 1. The fourth-order valence-corrected chi connectivity index (χ4v) is 2.46. The molecule has 0 aliphatic carbocycles. The minimum atomic E-state index is 0.329. The maximum atomic E-state index is 5.55. The van der Waals surface area contributed by atoms with Crippen LogP contribution in [0.4, 0.5) is 0 Å². The van der Waals surface area contributed by atoms with Gasteiger partial charge < -0.3 is 4.74 Å². The average Bonchev–Trinajstić information content (AvgIpc) is 2.47. The summed E-state index contributed by atoms with van der Waals surface area (Å²) in [6.07, 6.45) is 16.1. The highest BCUT2D eigenvalue weighted by Gasteiger charge is 2.05. The molecule has 0 aromatic carbocycles. The Kier molecular flexibility index (Phi) is 16.8. The molecule has 0 aromatic heterocycles. The van der Waals surface area contributed by atoms with Crippen molar-refractivity contribution in [1.82, 2.24) is 5.43 Å². The number of hydrogen-bond acceptors (Lipinski definition) is 3. The van der Waals surface area contributed by atoms with Crippen molar-refractivity contribution in [1.29, 1.82) is 0 Å². The molecule has 0 saturated heterocycles. The van der Waals surface area contributed by atoms with Crippen LogP contribution in [0.5, 0.6) is 0 Å². The highest BCUT2D eigenvalue weighted by atomic mass is 16.5. The number of unbranched alkanes of at least 4 members (excludes halogenated alkanes) is 9. The van der Waals surface area contributed by atoms with E-state index in [1.54, 1.807) is 0 Å². The van der Waals surface area contributed by atoms with Gasteiger partial charge in [-0.05, 0) is 12.8 Å². The standard InChI is InChI=1S/C17H38N2O/c1-3-5-6-7-8-9-10-11-12-13-14-17(19-18)16-20-15-4-2/h17,19H,3-16,18H2,1-2H3. The van der Waals surface area contributed by atoms with Crippen molar-refractivity contribution in [3.8, 4) is 0 Å². The van der Waals surface area contributed by atoms with Crippen LogP contribution in [-0.4, -0.2) is 19.3 Å². The van der Waals surface area contributed by atoms with Crippen molar-refractivity contribution >= 4 is 0 Å². The van der Waals surface area contributed by atoms with Gasteiger partial charge in [0.1, 0.15) is 0 Å². The Labute approximate surface area is 127 Å². The number of hydrogen-bond donors (Lipinski definition) is 2. The van der Waals surface area contributed by atoms with Gasteiger partial charge >= 0.3 is 0 Å². The number of rotatable bonds is 16. The van der Waals surface area contributed by atoms with E-state index in [0.717, 1.165) is 26.1 Å². The van der Waals surface area contributed by atoms with Crippen LogP contribution >= 0.6 is 0 Å². The quantitative estimate of drug-likeness (QED) is 0.248. The summed E-state index contributed by atoms with van der Waals surface area (Å²) < 4.78 is 5.54. The molecule has 0 radical (unpaired) electrons. The van der Waals surface area contributed by atoms with E-state index in [1.165, 1.54) is 64.2 Å². The second-order valence-electron chi connectivity index (χ2n) is 5.91. The number of hydrazine groups is 1. The van der Waals surface area contributed by atoms with Crippen LogP contribution in [0.15, 0.2) is 0 Å². The number of ether oxygens (including phenoxy) is 1. The molecule has 122 valence electrons. The highest BCUT2D eigenvalue weighted by molar-refractivity contribution is 4.62. The molecular formula is C17H38N2O. The third kappa shape index (κ3) is 14.3. The Bertz CT molecular complexity index is 176. The normalized spacial score (nSPS) is 12.8. The molecule has 1 atom stereocenters. The lowest BCUT2D eigenvalue weighted by Crippen LogP contribution is -2.38. The van der Waals surface area contributed by atoms with E-state index in [2.05, 4.69) is 19.3 Å². The molecule has 3 nitrogen and oxygen atoms in total. The van der Waals surface area contributed by atoms with E-state index in [0.29, 0.717) is 6.04 Å². The lowest BCUT2D eigenvalue weighted by Gasteiger charge is -2.15. The van der Waals surface area contributed by atoms with Gasteiger partial charge in [0.15, 0.2) is 0 Å². The van der Waals surface area contributed by atoms with Gasteiger partial charge in [0.2, 0.25) is 0 Å². The SMILES string of the molecule is CCCCCCCCCCCCC(COCCC)NN. The van der Waals surface area contributed by atoms with Gasteiger partial charge in [-0.15, -0.1) is 0 Å². The molecule has 0 fully saturated rings. The first-order valence-corrected chi connectivity index (χ1v) is 8.89. The van der Waals surface area contributed by atoms with Gasteiger partial charge in [0, 0.05) is 12.6 Å². The summed E-state index contributed by atoms with van der Waals surface area (Å²) >= 11 is 0. The van der Waals surface area contributed by atoms with Crippen LogP contribution in [0.3, 0.4) is 0 Å². The van der Waals surface area contributed by atoms with E-state index >= 15 is 0 Å². The summed E-state index contributed by atoms with van der Waals surface area (Å²) in [6, 6.07) is 0.329. The largest absolute Gasteiger partial charge is 0.380 e. The fourth-order valence-electron chi connectivity index (χ4n) is 2.46. The van der Waals surface area contributed by atoms with Crippen molar-refractivity contribution in [3.05, 3.63) is 0 Å². The van der Waals surface area contributed by atoms with Crippen LogP contribution in [0.1, 0.15) is 90.9 Å². The van der Waals surface area contributed by atoms with Crippen LogP contribution in [0, 0.1) is 0 Å². The lowest BCUT2D eigenvalue weighted by molar-refractivity contribution is 0.108. The molecule has 0 aliphatic rings.